The molecular formula is C19H18N4O. The van der Waals surface area contributed by atoms with Gasteiger partial charge in [-0.15, -0.1) is 0 Å². The van der Waals surface area contributed by atoms with Crippen LogP contribution < -0.4 is 0 Å². The summed E-state index contributed by atoms with van der Waals surface area (Å²) in [5, 5.41) is 4.16. The van der Waals surface area contributed by atoms with Crippen molar-refractivity contribution in [3.05, 3.63) is 77.9 Å². The number of aromatic nitrogens is 3. The topological polar surface area (TPSA) is 51.0 Å². The number of carbonyl (C=O) groups is 1. The standard InChI is InChI=1S/C19H18N4O/c24-19(17-9-3-4-10-18(17)23-14-20-13-21-23)22-11-5-8-15-6-1-2-7-16(15)12-22/h1-4,6-7,9-10,13-14H,5,8,11-12H2. The minimum absolute atomic E-state index is 0.0396. The predicted molar refractivity (Wildman–Crippen MR) is 90.9 cm³/mol. The third kappa shape index (κ3) is 2.69. The summed E-state index contributed by atoms with van der Waals surface area (Å²) >= 11 is 0. The number of amides is 1. The molecule has 1 aliphatic heterocycles. The zero-order valence-corrected chi connectivity index (χ0v) is 13.3. The van der Waals surface area contributed by atoms with Gasteiger partial charge in [-0.2, -0.15) is 5.10 Å². The van der Waals surface area contributed by atoms with E-state index in [1.807, 2.05) is 35.2 Å². The molecular weight excluding hydrogens is 300 g/mol. The summed E-state index contributed by atoms with van der Waals surface area (Å²) in [6.07, 6.45) is 5.09. The first kappa shape index (κ1) is 14.6. The van der Waals surface area contributed by atoms with Gasteiger partial charge < -0.3 is 4.90 Å². The summed E-state index contributed by atoms with van der Waals surface area (Å²) in [5.41, 5.74) is 4.00. The lowest BCUT2D eigenvalue weighted by molar-refractivity contribution is 0.0745. The highest BCUT2D eigenvalue weighted by Crippen LogP contribution is 2.22. The average molecular weight is 318 g/mol. The Hall–Kier alpha value is -2.95. The highest BCUT2D eigenvalue weighted by atomic mass is 16.2. The van der Waals surface area contributed by atoms with E-state index in [0.717, 1.165) is 25.1 Å². The average Bonchev–Trinajstić information content (AvgIpc) is 3.07. The zero-order chi connectivity index (χ0) is 16.4. The fraction of sp³-hybridized carbons (Fsp3) is 0.211. The van der Waals surface area contributed by atoms with Gasteiger partial charge in [0.15, 0.2) is 0 Å². The first-order chi connectivity index (χ1) is 11.8. The van der Waals surface area contributed by atoms with E-state index in [2.05, 4.69) is 28.3 Å². The maximum absolute atomic E-state index is 13.1. The fourth-order valence-electron chi connectivity index (χ4n) is 3.23. The van der Waals surface area contributed by atoms with Gasteiger partial charge in [-0.3, -0.25) is 4.79 Å². The van der Waals surface area contributed by atoms with E-state index < -0.39 is 0 Å². The van der Waals surface area contributed by atoms with E-state index in [9.17, 15) is 4.79 Å². The van der Waals surface area contributed by atoms with Gasteiger partial charge in [0.1, 0.15) is 12.7 Å². The van der Waals surface area contributed by atoms with E-state index in [4.69, 9.17) is 0 Å². The lowest BCUT2D eigenvalue weighted by atomic mass is 10.0. The molecule has 5 heteroatoms. The number of benzene rings is 2. The van der Waals surface area contributed by atoms with Gasteiger partial charge in [-0.25, -0.2) is 9.67 Å². The summed E-state index contributed by atoms with van der Waals surface area (Å²) in [5.74, 6) is 0.0396. The van der Waals surface area contributed by atoms with Crippen LogP contribution in [0.4, 0.5) is 0 Å². The van der Waals surface area contributed by atoms with Crippen LogP contribution in [0.3, 0.4) is 0 Å². The van der Waals surface area contributed by atoms with Crippen molar-refractivity contribution in [2.24, 2.45) is 0 Å². The smallest absolute Gasteiger partial charge is 0.256 e. The van der Waals surface area contributed by atoms with E-state index in [1.165, 1.54) is 17.5 Å². The van der Waals surface area contributed by atoms with Crippen molar-refractivity contribution in [2.45, 2.75) is 19.4 Å². The van der Waals surface area contributed by atoms with Crippen molar-refractivity contribution in [1.29, 1.82) is 0 Å². The molecule has 1 aliphatic rings. The van der Waals surface area contributed by atoms with Crippen LogP contribution in [-0.4, -0.2) is 32.1 Å². The van der Waals surface area contributed by atoms with Crippen molar-refractivity contribution < 1.29 is 4.79 Å². The Bertz CT molecular complexity index is 857. The number of fused-ring (bicyclic) bond motifs is 1. The van der Waals surface area contributed by atoms with E-state index in [1.54, 1.807) is 11.0 Å². The van der Waals surface area contributed by atoms with E-state index >= 15 is 0 Å². The van der Waals surface area contributed by atoms with E-state index in [-0.39, 0.29) is 5.91 Å². The summed E-state index contributed by atoms with van der Waals surface area (Å²) in [4.78, 5) is 19.1. The van der Waals surface area contributed by atoms with Crippen molar-refractivity contribution in [3.63, 3.8) is 0 Å². The third-order valence-electron chi connectivity index (χ3n) is 4.44. The molecule has 4 rings (SSSR count). The molecule has 120 valence electrons. The van der Waals surface area contributed by atoms with Gasteiger partial charge in [0, 0.05) is 13.1 Å². The summed E-state index contributed by atoms with van der Waals surface area (Å²) < 4.78 is 1.64. The zero-order valence-electron chi connectivity index (χ0n) is 13.3. The quantitative estimate of drug-likeness (QED) is 0.730. The molecule has 0 saturated carbocycles. The molecule has 0 radical (unpaired) electrons. The Labute approximate surface area is 140 Å². The first-order valence-electron chi connectivity index (χ1n) is 8.13. The van der Waals surface area contributed by atoms with Crippen molar-refractivity contribution >= 4 is 5.91 Å². The molecule has 5 nitrogen and oxygen atoms in total. The second-order valence-corrected chi connectivity index (χ2v) is 5.96. The molecule has 0 spiro atoms. The second-order valence-electron chi connectivity index (χ2n) is 5.96. The Kier molecular flexibility index (Phi) is 3.83. The fourth-order valence-corrected chi connectivity index (χ4v) is 3.23. The Morgan fingerprint density at radius 1 is 1.00 bits per heavy atom. The molecule has 0 N–H and O–H groups in total. The number of nitrogens with zero attached hydrogens (tertiary/aromatic N) is 4. The molecule has 1 amide bonds. The van der Waals surface area contributed by atoms with Gasteiger partial charge in [-0.05, 0) is 36.1 Å². The maximum atomic E-state index is 13.1. The second kappa shape index (κ2) is 6.28. The van der Waals surface area contributed by atoms with Crippen molar-refractivity contribution in [2.75, 3.05) is 6.54 Å². The molecule has 2 heterocycles. The van der Waals surface area contributed by atoms with Crippen LogP contribution in [0.5, 0.6) is 0 Å². The number of carbonyl (C=O) groups excluding carboxylic acids is 1. The molecule has 0 fully saturated rings. The van der Waals surface area contributed by atoms with Gasteiger partial charge in [0.2, 0.25) is 0 Å². The normalized spacial score (nSPS) is 14.1. The molecule has 0 saturated heterocycles. The third-order valence-corrected chi connectivity index (χ3v) is 4.44. The highest BCUT2D eigenvalue weighted by Gasteiger charge is 2.22. The largest absolute Gasteiger partial charge is 0.334 e. The highest BCUT2D eigenvalue weighted by molar-refractivity contribution is 5.97. The van der Waals surface area contributed by atoms with Crippen LogP contribution in [-0.2, 0) is 13.0 Å². The molecule has 0 bridgehead atoms. The van der Waals surface area contributed by atoms with Gasteiger partial charge >= 0.3 is 0 Å². The summed E-state index contributed by atoms with van der Waals surface area (Å²) in [6, 6.07) is 15.9. The number of hydrogen-bond acceptors (Lipinski definition) is 3. The molecule has 24 heavy (non-hydrogen) atoms. The van der Waals surface area contributed by atoms with Gasteiger partial charge in [-0.1, -0.05) is 36.4 Å². The summed E-state index contributed by atoms with van der Waals surface area (Å²) in [6.45, 7) is 1.42. The van der Waals surface area contributed by atoms with Gasteiger partial charge in [0.05, 0.1) is 11.3 Å². The number of para-hydroxylation sites is 1. The minimum Gasteiger partial charge on any atom is -0.334 e. The number of aryl methyl sites for hydroxylation is 1. The van der Waals surface area contributed by atoms with Gasteiger partial charge in [0.25, 0.3) is 5.91 Å². The molecule has 0 aliphatic carbocycles. The van der Waals surface area contributed by atoms with Crippen LogP contribution in [0.1, 0.15) is 27.9 Å². The first-order valence-corrected chi connectivity index (χ1v) is 8.13. The van der Waals surface area contributed by atoms with E-state index in [0.29, 0.717) is 12.1 Å². The monoisotopic (exact) mass is 318 g/mol. The molecule has 0 unspecified atom stereocenters. The maximum Gasteiger partial charge on any atom is 0.256 e. The Morgan fingerprint density at radius 3 is 2.62 bits per heavy atom. The van der Waals surface area contributed by atoms with Crippen molar-refractivity contribution in [3.8, 4) is 5.69 Å². The van der Waals surface area contributed by atoms with Crippen LogP contribution in [0.2, 0.25) is 0 Å². The molecule has 2 aromatic carbocycles. The number of rotatable bonds is 2. The molecule has 0 atom stereocenters. The Morgan fingerprint density at radius 2 is 1.79 bits per heavy atom. The molecule has 3 aromatic rings. The van der Waals surface area contributed by atoms with Crippen molar-refractivity contribution in [1.82, 2.24) is 19.7 Å². The van der Waals surface area contributed by atoms with Crippen LogP contribution in [0.25, 0.3) is 5.69 Å². The summed E-state index contributed by atoms with van der Waals surface area (Å²) in [7, 11) is 0. The van der Waals surface area contributed by atoms with Crippen LogP contribution in [0.15, 0.2) is 61.2 Å². The number of hydrogen-bond donors (Lipinski definition) is 0. The van der Waals surface area contributed by atoms with Crippen LogP contribution >= 0.6 is 0 Å². The van der Waals surface area contributed by atoms with Crippen LogP contribution in [0, 0.1) is 0 Å². The minimum atomic E-state index is 0.0396. The predicted octanol–water partition coefficient (Wildman–Crippen LogP) is 2.86. The lowest BCUT2D eigenvalue weighted by Gasteiger charge is -2.22. The lowest BCUT2D eigenvalue weighted by Crippen LogP contribution is -2.31. The Balaban J connectivity index is 1.68. The molecule has 1 aromatic heterocycles. The SMILES string of the molecule is O=C(c1ccccc1-n1cncn1)N1CCCc2ccccc2C1.